The Kier molecular flexibility index (Phi) is 3.81. The maximum Gasteiger partial charge on any atom is 0.267 e. The number of nitrogens with zero attached hydrogens (tertiary/aromatic N) is 2. The fourth-order valence-corrected chi connectivity index (χ4v) is 4.10. The standard InChI is InChI=1S/C17H14F2N2O3S/c18-11-2-1-3-12(19)15(11)17(23)20-7-14(22)21(24)16(20)13-6-10(8-25-13)9-4-5-9/h1-3,6,8-9,16,24H,4-5,7H2. The monoisotopic (exact) mass is 364 g/mol. The molecule has 1 saturated heterocycles. The Morgan fingerprint density at radius 3 is 2.56 bits per heavy atom. The maximum atomic E-state index is 14.0. The number of hydroxylamine groups is 2. The molecular weight excluding hydrogens is 350 g/mol. The van der Waals surface area contributed by atoms with Crippen LogP contribution in [0.2, 0.25) is 0 Å². The first-order chi connectivity index (χ1) is 12.0. The van der Waals surface area contributed by atoms with Crippen LogP contribution in [0.3, 0.4) is 0 Å². The van der Waals surface area contributed by atoms with E-state index in [1.807, 2.05) is 11.4 Å². The van der Waals surface area contributed by atoms with E-state index in [9.17, 15) is 23.6 Å². The fraction of sp³-hybridized carbons (Fsp3) is 0.294. The summed E-state index contributed by atoms with van der Waals surface area (Å²) in [5.41, 5.74) is 0.367. The lowest BCUT2D eigenvalue weighted by Crippen LogP contribution is -2.34. The average Bonchev–Trinajstić information content (AvgIpc) is 3.24. The van der Waals surface area contributed by atoms with Gasteiger partial charge in [-0.3, -0.25) is 14.8 Å². The van der Waals surface area contributed by atoms with E-state index < -0.39 is 41.7 Å². The zero-order valence-corrected chi connectivity index (χ0v) is 13.8. The molecule has 4 rings (SSSR count). The molecule has 8 heteroatoms. The van der Waals surface area contributed by atoms with Crippen LogP contribution in [0.15, 0.2) is 29.6 Å². The van der Waals surface area contributed by atoms with Gasteiger partial charge in [0, 0.05) is 0 Å². The van der Waals surface area contributed by atoms with Gasteiger partial charge in [-0.05, 0) is 47.9 Å². The van der Waals surface area contributed by atoms with E-state index in [-0.39, 0.29) is 0 Å². The van der Waals surface area contributed by atoms with Gasteiger partial charge < -0.3 is 4.90 Å². The molecule has 1 aliphatic carbocycles. The Bertz CT molecular complexity index is 845. The van der Waals surface area contributed by atoms with Crippen molar-refractivity contribution in [3.63, 3.8) is 0 Å². The van der Waals surface area contributed by atoms with Crippen LogP contribution in [-0.4, -0.2) is 33.5 Å². The Labute approximate surface area is 146 Å². The van der Waals surface area contributed by atoms with Crippen molar-refractivity contribution in [1.29, 1.82) is 0 Å². The van der Waals surface area contributed by atoms with Gasteiger partial charge in [0.2, 0.25) is 0 Å². The highest BCUT2D eigenvalue weighted by atomic mass is 32.1. The third kappa shape index (κ3) is 2.71. The van der Waals surface area contributed by atoms with E-state index in [0.717, 1.165) is 41.5 Å². The predicted molar refractivity (Wildman–Crippen MR) is 85.1 cm³/mol. The topological polar surface area (TPSA) is 60.9 Å². The summed E-state index contributed by atoms with van der Waals surface area (Å²) in [7, 11) is 0. The van der Waals surface area contributed by atoms with Crippen molar-refractivity contribution in [3.8, 4) is 0 Å². The third-order valence-corrected chi connectivity index (χ3v) is 5.46. The van der Waals surface area contributed by atoms with Gasteiger partial charge in [0.1, 0.15) is 23.7 Å². The number of amides is 2. The van der Waals surface area contributed by atoms with Gasteiger partial charge in [0.25, 0.3) is 11.8 Å². The molecule has 130 valence electrons. The molecular formula is C17H14F2N2O3S. The molecule has 2 aliphatic rings. The minimum atomic E-state index is -1.07. The van der Waals surface area contributed by atoms with Gasteiger partial charge >= 0.3 is 0 Å². The Morgan fingerprint density at radius 2 is 1.92 bits per heavy atom. The second-order valence-corrected chi connectivity index (χ2v) is 7.14. The minimum absolute atomic E-state index is 0.440. The molecule has 1 aliphatic heterocycles. The smallest absolute Gasteiger partial charge is 0.267 e. The Balaban J connectivity index is 1.71. The molecule has 0 bridgehead atoms. The lowest BCUT2D eigenvalue weighted by Gasteiger charge is -2.25. The summed E-state index contributed by atoms with van der Waals surface area (Å²) in [5, 5.41) is 12.5. The molecule has 2 amide bonds. The van der Waals surface area contributed by atoms with Crippen molar-refractivity contribution < 1.29 is 23.6 Å². The van der Waals surface area contributed by atoms with Gasteiger partial charge in [0.15, 0.2) is 6.17 Å². The average molecular weight is 364 g/mol. The molecule has 1 unspecified atom stereocenters. The molecule has 1 N–H and O–H groups in total. The maximum absolute atomic E-state index is 14.0. The number of carbonyl (C=O) groups excluding carboxylic acids is 2. The largest absolute Gasteiger partial charge is 0.302 e. The van der Waals surface area contributed by atoms with E-state index in [4.69, 9.17) is 0 Å². The van der Waals surface area contributed by atoms with Gasteiger partial charge in [-0.15, -0.1) is 11.3 Å². The number of hydrogen-bond donors (Lipinski definition) is 1. The van der Waals surface area contributed by atoms with Crippen LogP contribution in [0.4, 0.5) is 8.78 Å². The zero-order chi connectivity index (χ0) is 17.7. The number of halogens is 2. The number of rotatable bonds is 3. The van der Waals surface area contributed by atoms with Gasteiger partial charge in [-0.2, -0.15) is 5.06 Å². The summed E-state index contributed by atoms with van der Waals surface area (Å²) in [5.74, 6) is -3.19. The molecule has 2 fully saturated rings. The lowest BCUT2D eigenvalue weighted by atomic mass is 10.1. The van der Waals surface area contributed by atoms with Crippen LogP contribution >= 0.6 is 11.3 Å². The molecule has 1 saturated carbocycles. The second-order valence-electron chi connectivity index (χ2n) is 6.20. The predicted octanol–water partition coefficient (Wildman–Crippen LogP) is 3.28. The number of thiophene rings is 1. The van der Waals surface area contributed by atoms with Crippen molar-refractivity contribution in [2.24, 2.45) is 0 Å². The molecule has 1 aromatic carbocycles. The quantitative estimate of drug-likeness (QED) is 0.851. The summed E-state index contributed by atoms with van der Waals surface area (Å²) >= 11 is 1.31. The first-order valence-corrected chi connectivity index (χ1v) is 8.69. The highest BCUT2D eigenvalue weighted by molar-refractivity contribution is 7.10. The van der Waals surface area contributed by atoms with Crippen LogP contribution in [0.25, 0.3) is 0 Å². The Morgan fingerprint density at radius 1 is 1.24 bits per heavy atom. The van der Waals surface area contributed by atoms with Crippen LogP contribution in [0.5, 0.6) is 0 Å². The Hall–Kier alpha value is -2.32. The molecule has 5 nitrogen and oxygen atoms in total. The van der Waals surface area contributed by atoms with E-state index in [0.29, 0.717) is 15.9 Å². The van der Waals surface area contributed by atoms with Crippen molar-refractivity contribution in [2.45, 2.75) is 24.9 Å². The first kappa shape index (κ1) is 16.2. The summed E-state index contributed by atoms with van der Waals surface area (Å²) in [6.07, 6.45) is 1.11. The molecule has 0 radical (unpaired) electrons. The van der Waals surface area contributed by atoms with Crippen LogP contribution in [0.1, 0.15) is 45.7 Å². The van der Waals surface area contributed by atoms with E-state index in [1.54, 1.807) is 0 Å². The van der Waals surface area contributed by atoms with Crippen molar-refractivity contribution in [2.75, 3.05) is 6.54 Å². The van der Waals surface area contributed by atoms with Gasteiger partial charge in [0.05, 0.1) is 4.88 Å². The normalized spacial score (nSPS) is 20.4. The fourth-order valence-electron chi connectivity index (χ4n) is 3.01. The van der Waals surface area contributed by atoms with Gasteiger partial charge in [-0.1, -0.05) is 6.07 Å². The second kappa shape index (κ2) is 5.89. The molecule has 2 aromatic rings. The summed E-state index contributed by atoms with van der Waals surface area (Å²) < 4.78 is 27.9. The summed E-state index contributed by atoms with van der Waals surface area (Å²) in [6, 6.07) is 4.97. The molecule has 1 atom stereocenters. The van der Waals surface area contributed by atoms with E-state index in [1.165, 1.54) is 11.3 Å². The zero-order valence-electron chi connectivity index (χ0n) is 13.0. The first-order valence-electron chi connectivity index (χ1n) is 7.81. The lowest BCUT2D eigenvalue weighted by molar-refractivity contribution is -0.168. The van der Waals surface area contributed by atoms with Gasteiger partial charge in [-0.25, -0.2) is 8.78 Å². The van der Waals surface area contributed by atoms with Crippen LogP contribution in [-0.2, 0) is 4.79 Å². The molecule has 2 heterocycles. The van der Waals surface area contributed by atoms with Crippen molar-refractivity contribution in [3.05, 3.63) is 57.3 Å². The van der Waals surface area contributed by atoms with Crippen molar-refractivity contribution in [1.82, 2.24) is 9.96 Å². The number of carbonyl (C=O) groups is 2. The molecule has 1 aromatic heterocycles. The summed E-state index contributed by atoms with van der Waals surface area (Å²) in [4.78, 5) is 26.2. The van der Waals surface area contributed by atoms with Crippen LogP contribution < -0.4 is 0 Å². The number of hydrogen-bond acceptors (Lipinski definition) is 4. The number of benzene rings is 1. The highest BCUT2D eigenvalue weighted by Crippen LogP contribution is 2.44. The van der Waals surface area contributed by atoms with E-state index >= 15 is 0 Å². The SMILES string of the molecule is O=C1CN(C(=O)c2c(F)cccc2F)C(c2cc(C3CC3)cs2)N1O. The highest BCUT2D eigenvalue weighted by Gasteiger charge is 2.43. The summed E-state index contributed by atoms with van der Waals surface area (Å²) in [6.45, 7) is -0.440. The van der Waals surface area contributed by atoms with Crippen molar-refractivity contribution >= 4 is 23.2 Å². The minimum Gasteiger partial charge on any atom is -0.302 e. The third-order valence-electron chi connectivity index (χ3n) is 4.47. The molecule has 25 heavy (non-hydrogen) atoms. The molecule has 0 spiro atoms. The van der Waals surface area contributed by atoms with E-state index in [2.05, 4.69) is 0 Å². The van der Waals surface area contributed by atoms with Crippen LogP contribution in [0, 0.1) is 11.6 Å².